The summed E-state index contributed by atoms with van der Waals surface area (Å²) in [5.74, 6) is 0. The molecule has 12 rings (SSSR count). The Hall–Kier alpha value is -7.42. The first-order valence-corrected chi connectivity index (χ1v) is 20.1. The third-order valence-electron chi connectivity index (χ3n) is 12.5. The van der Waals surface area contributed by atoms with Crippen molar-refractivity contribution in [1.82, 2.24) is 0 Å². The highest BCUT2D eigenvalue weighted by molar-refractivity contribution is 6.14. The Morgan fingerprint density at radius 1 is 0.466 bits per heavy atom. The van der Waals surface area contributed by atoms with Crippen LogP contribution in [0, 0.1) is 5.41 Å². The van der Waals surface area contributed by atoms with E-state index in [1.807, 2.05) is 6.07 Å². The maximum atomic E-state index is 6.50. The van der Waals surface area contributed by atoms with E-state index >= 15 is 0 Å². The Balaban J connectivity index is 1.21. The van der Waals surface area contributed by atoms with E-state index in [0.717, 1.165) is 50.0 Å². The first kappa shape index (κ1) is 32.8. The number of anilines is 2. The topological polar surface area (TPSA) is 16.4 Å². The minimum absolute atomic E-state index is 0.637. The van der Waals surface area contributed by atoms with Crippen LogP contribution in [0.2, 0.25) is 0 Å². The van der Waals surface area contributed by atoms with Gasteiger partial charge in [0.05, 0.1) is 16.8 Å². The molecule has 4 aliphatic rings. The van der Waals surface area contributed by atoms with Gasteiger partial charge in [-0.3, -0.25) is 0 Å². The molecule has 8 aromatic rings. The van der Waals surface area contributed by atoms with Gasteiger partial charge < -0.3 is 9.32 Å². The number of rotatable bonds is 5. The number of para-hydroxylation sites is 3. The number of allylic oxidation sites excluding steroid dienone is 7. The molecule has 1 atom stereocenters. The highest BCUT2D eigenvalue weighted by Gasteiger charge is 2.51. The summed E-state index contributed by atoms with van der Waals surface area (Å²) in [6, 6.07) is 61.3. The van der Waals surface area contributed by atoms with E-state index in [1.165, 1.54) is 61.4 Å². The lowest BCUT2D eigenvalue weighted by molar-refractivity contribution is 0.668. The first-order valence-electron chi connectivity index (χ1n) is 20.1. The summed E-state index contributed by atoms with van der Waals surface area (Å²) in [7, 11) is 0. The third-order valence-corrected chi connectivity index (χ3v) is 12.5. The minimum atomic E-state index is -0.637. The van der Waals surface area contributed by atoms with Crippen LogP contribution >= 0.6 is 0 Å². The van der Waals surface area contributed by atoms with Crippen LogP contribution < -0.4 is 4.90 Å². The number of benzene rings is 7. The largest absolute Gasteiger partial charge is 0.456 e. The van der Waals surface area contributed by atoms with E-state index in [1.54, 1.807) is 0 Å². The monoisotopic (exact) mass is 739 g/mol. The van der Waals surface area contributed by atoms with Crippen molar-refractivity contribution in [3.05, 3.63) is 239 Å². The van der Waals surface area contributed by atoms with E-state index in [4.69, 9.17) is 4.42 Å². The summed E-state index contributed by atoms with van der Waals surface area (Å²) < 4.78 is 6.50. The van der Waals surface area contributed by atoms with Gasteiger partial charge in [-0.2, -0.15) is 0 Å². The van der Waals surface area contributed by atoms with E-state index in [2.05, 4.69) is 212 Å². The quantitative estimate of drug-likeness (QED) is 0.175. The van der Waals surface area contributed by atoms with Crippen LogP contribution in [0.15, 0.2) is 221 Å². The normalized spacial score (nSPS) is 17.4. The molecule has 4 aliphatic carbocycles. The van der Waals surface area contributed by atoms with Crippen molar-refractivity contribution in [2.45, 2.75) is 6.92 Å². The van der Waals surface area contributed by atoms with Gasteiger partial charge in [0.2, 0.25) is 0 Å². The smallest absolute Gasteiger partial charge is 0.136 e. The van der Waals surface area contributed by atoms with Crippen LogP contribution in [-0.2, 0) is 0 Å². The zero-order valence-electron chi connectivity index (χ0n) is 32.0. The first-order chi connectivity index (χ1) is 28.7. The molecule has 0 bridgehead atoms. The molecule has 2 heteroatoms. The van der Waals surface area contributed by atoms with Crippen molar-refractivity contribution < 1.29 is 4.42 Å². The SMILES string of the molecule is CC1=C(N(c2ccccc2-c2ccccc2)c2ccccc2-c2cccc3oc4ccccc4c23)C2(C=CC=C3C2=Cc2ccccc23)C2=Cc3ccccc3C2=C1. The molecular weight excluding hydrogens is 703 g/mol. The van der Waals surface area contributed by atoms with Crippen molar-refractivity contribution in [3.63, 3.8) is 0 Å². The van der Waals surface area contributed by atoms with Gasteiger partial charge in [0.1, 0.15) is 11.2 Å². The van der Waals surface area contributed by atoms with Crippen molar-refractivity contribution >= 4 is 56.6 Å². The molecule has 0 saturated heterocycles. The lowest BCUT2D eigenvalue weighted by atomic mass is 9.61. The van der Waals surface area contributed by atoms with Crippen LogP contribution in [0.5, 0.6) is 0 Å². The molecule has 0 radical (unpaired) electrons. The van der Waals surface area contributed by atoms with Crippen LogP contribution in [-0.4, -0.2) is 0 Å². The van der Waals surface area contributed by atoms with Gasteiger partial charge in [-0.15, -0.1) is 0 Å². The summed E-state index contributed by atoms with van der Waals surface area (Å²) in [4.78, 5) is 2.60. The molecule has 0 saturated carbocycles. The molecular formula is C56H37NO. The molecule has 2 nitrogen and oxygen atoms in total. The second kappa shape index (κ2) is 12.5. The number of hydrogen-bond donors (Lipinski definition) is 0. The maximum absolute atomic E-state index is 6.50. The number of nitrogens with zero attached hydrogens (tertiary/aromatic N) is 1. The fourth-order valence-corrected chi connectivity index (χ4v) is 10.2. The molecule has 0 N–H and O–H groups in total. The third kappa shape index (κ3) is 4.60. The molecule has 1 unspecified atom stereocenters. The average Bonchev–Trinajstić information content (AvgIpc) is 3.98. The zero-order valence-corrected chi connectivity index (χ0v) is 32.0. The lowest BCUT2D eigenvalue weighted by Gasteiger charge is -2.48. The van der Waals surface area contributed by atoms with Gasteiger partial charge in [0.15, 0.2) is 0 Å². The summed E-state index contributed by atoms with van der Waals surface area (Å²) >= 11 is 0. The Morgan fingerprint density at radius 2 is 1.03 bits per heavy atom. The van der Waals surface area contributed by atoms with Gasteiger partial charge >= 0.3 is 0 Å². The van der Waals surface area contributed by atoms with Crippen LogP contribution in [0.4, 0.5) is 11.4 Å². The summed E-state index contributed by atoms with van der Waals surface area (Å²) in [5, 5.41) is 2.24. The standard InChI is InChI=1S/C56H37NO/c1-36-33-47-41-22-8-6-20-39(41)35-49(47)56(32-16-27-43-40-21-7-5-19-38(40)34-48(43)56)55(36)57(50-28-12-9-23-42(50)37-17-3-2-4-18-37)51-29-13-10-24-44(51)45-26-15-31-53-54(45)46-25-11-14-30-52(46)58-53/h2-35H,1H3. The predicted molar refractivity (Wildman–Crippen MR) is 242 cm³/mol. The minimum Gasteiger partial charge on any atom is -0.456 e. The van der Waals surface area contributed by atoms with E-state index in [9.17, 15) is 0 Å². The van der Waals surface area contributed by atoms with E-state index < -0.39 is 5.41 Å². The zero-order chi connectivity index (χ0) is 38.4. The van der Waals surface area contributed by atoms with Crippen molar-refractivity contribution in [1.29, 1.82) is 0 Å². The fourth-order valence-electron chi connectivity index (χ4n) is 10.2. The molecule has 0 amide bonds. The van der Waals surface area contributed by atoms with Crippen molar-refractivity contribution in [2.75, 3.05) is 4.90 Å². The lowest BCUT2D eigenvalue weighted by Crippen LogP contribution is -2.38. The van der Waals surface area contributed by atoms with Crippen LogP contribution in [0.3, 0.4) is 0 Å². The number of hydrogen-bond acceptors (Lipinski definition) is 2. The van der Waals surface area contributed by atoms with Gasteiger partial charge in [-0.1, -0.05) is 164 Å². The fraction of sp³-hybridized carbons (Fsp3) is 0.0357. The van der Waals surface area contributed by atoms with Crippen LogP contribution in [0.1, 0.15) is 29.2 Å². The Bertz CT molecular complexity index is 3220. The molecule has 0 fully saturated rings. The van der Waals surface area contributed by atoms with Crippen molar-refractivity contribution in [2.24, 2.45) is 5.41 Å². The second-order valence-electron chi connectivity index (χ2n) is 15.6. The average molecular weight is 740 g/mol. The predicted octanol–water partition coefficient (Wildman–Crippen LogP) is 14.9. The van der Waals surface area contributed by atoms with Gasteiger partial charge in [0, 0.05) is 27.6 Å². The summed E-state index contributed by atoms with van der Waals surface area (Å²) in [6.07, 6.45) is 14.4. The molecule has 0 aliphatic heterocycles. The van der Waals surface area contributed by atoms with Crippen LogP contribution in [0.25, 0.3) is 67.5 Å². The molecule has 1 spiro atoms. The van der Waals surface area contributed by atoms with Gasteiger partial charge in [-0.05, 0) is 111 Å². The number of furan rings is 1. The highest BCUT2D eigenvalue weighted by atomic mass is 16.3. The van der Waals surface area contributed by atoms with Gasteiger partial charge in [-0.25, -0.2) is 0 Å². The van der Waals surface area contributed by atoms with E-state index in [-0.39, 0.29) is 0 Å². The molecule has 58 heavy (non-hydrogen) atoms. The van der Waals surface area contributed by atoms with Crippen molar-refractivity contribution in [3.8, 4) is 22.3 Å². The highest BCUT2D eigenvalue weighted by Crippen LogP contribution is 2.65. The molecule has 7 aromatic carbocycles. The second-order valence-corrected chi connectivity index (χ2v) is 15.6. The Kier molecular flexibility index (Phi) is 7.09. The van der Waals surface area contributed by atoms with E-state index in [0.29, 0.717) is 0 Å². The molecule has 1 heterocycles. The summed E-state index contributed by atoms with van der Waals surface area (Å²) in [6.45, 7) is 2.32. The molecule has 272 valence electrons. The maximum Gasteiger partial charge on any atom is 0.136 e. The summed E-state index contributed by atoms with van der Waals surface area (Å²) in [5.41, 5.74) is 20.7. The molecule has 1 aromatic heterocycles. The van der Waals surface area contributed by atoms with Gasteiger partial charge in [0.25, 0.3) is 0 Å². The Morgan fingerprint density at radius 3 is 1.81 bits per heavy atom. The Labute approximate surface area is 338 Å². The number of fused-ring (bicyclic) bond motifs is 11.